The molecule has 0 radical (unpaired) electrons. The maximum Gasteiger partial charge on any atom is 0.253 e. The van der Waals surface area contributed by atoms with Gasteiger partial charge in [0.05, 0.1) is 5.56 Å². The summed E-state index contributed by atoms with van der Waals surface area (Å²) in [5, 5.41) is 3.04. The molecular weight excluding hydrogens is 276 g/mol. The number of hydrogen-bond donors (Lipinski definition) is 2. The third kappa shape index (κ3) is 3.77. The molecular formula is C17H26N4O. The Morgan fingerprint density at radius 3 is 2.55 bits per heavy atom. The highest BCUT2D eigenvalue weighted by molar-refractivity contribution is 5.94. The highest BCUT2D eigenvalue weighted by Gasteiger charge is 2.31. The topological polar surface area (TPSA) is 71.2 Å². The van der Waals surface area contributed by atoms with Gasteiger partial charge in [0.25, 0.3) is 5.91 Å². The van der Waals surface area contributed by atoms with Crippen molar-refractivity contribution < 1.29 is 4.79 Å². The number of anilines is 1. The normalized spacial score (nSPS) is 20.3. The fourth-order valence-electron chi connectivity index (χ4n) is 3.13. The van der Waals surface area contributed by atoms with Crippen LogP contribution in [0.5, 0.6) is 0 Å². The predicted molar refractivity (Wildman–Crippen MR) is 88.0 cm³/mol. The molecule has 1 aromatic rings. The summed E-state index contributed by atoms with van der Waals surface area (Å²) in [6.07, 6.45) is 9.10. The zero-order valence-electron chi connectivity index (χ0n) is 13.1. The van der Waals surface area contributed by atoms with Crippen molar-refractivity contribution >= 4 is 11.7 Å². The van der Waals surface area contributed by atoms with Gasteiger partial charge in [0.15, 0.2) is 0 Å². The molecule has 1 aromatic heterocycles. The van der Waals surface area contributed by atoms with Crippen molar-refractivity contribution in [2.24, 2.45) is 11.7 Å². The highest BCUT2D eigenvalue weighted by atomic mass is 16.1. The lowest BCUT2D eigenvalue weighted by Crippen LogP contribution is -2.41. The zero-order valence-corrected chi connectivity index (χ0v) is 13.1. The van der Waals surface area contributed by atoms with Crippen LogP contribution in [0.4, 0.5) is 5.82 Å². The summed E-state index contributed by atoms with van der Waals surface area (Å²) >= 11 is 0. The minimum atomic E-state index is -0.0581. The number of amides is 1. The predicted octanol–water partition coefficient (Wildman–Crippen LogP) is 1.93. The summed E-state index contributed by atoms with van der Waals surface area (Å²) < 4.78 is 0. The lowest BCUT2D eigenvalue weighted by molar-refractivity contribution is 0.0933. The van der Waals surface area contributed by atoms with E-state index in [1.807, 2.05) is 12.1 Å². The van der Waals surface area contributed by atoms with Crippen molar-refractivity contribution in [1.29, 1.82) is 0 Å². The summed E-state index contributed by atoms with van der Waals surface area (Å²) in [5.74, 6) is 1.49. The van der Waals surface area contributed by atoms with Gasteiger partial charge >= 0.3 is 0 Å². The number of carbonyl (C=O) groups excluding carboxylic acids is 1. The molecule has 1 saturated heterocycles. The Morgan fingerprint density at radius 1 is 1.27 bits per heavy atom. The van der Waals surface area contributed by atoms with Gasteiger partial charge < -0.3 is 16.0 Å². The van der Waals surface area contributed by atoms with Crippen LogP contribution in [0.1, 0.15) is 48.9 Å². The van der Waals surface area contributed by atoms with Gasteiger partial charge in [0.2, 0.25) is 0 Å². The second kappa shape index (κ2) is 7.09. The average molecular weight is 302 g/mol. The van der Waals surface area contributed by atoms with Crippen molar-refractivity contribution in [2.75, 3.05) is 24.5 Å². The maximum atomic E-state index is 12.3. The van der Waals surface area contributed by atoms with E-state index in [2.05, 4.69) is 15.2 Å². The Balaban J connectivity index is 1.61. The fraction of sp³-hybridized carbons (Fsp3) is 0.647. The number of nitrogens with one attached hydrogen (secondary N) is 1. The fourth-order valence-corrected chi connectivity index (χ4v) is 3.13. The molecule has 1 aliphatic heterocycles. The van der Waals surface area contributed by atoms with Crippen LogP contribution in [0.25, 0.3) is 0 Å². The maximum absolute atomic E-state index is 12.3. The molecule has 1 aliphatic carbocycles. The molecule has 0 bridgehead atoms. The summed E-state index contributed by atoms with van der Waals surface area (Å²) in [4.78, 5) is 19.1. The summed E-state index contributed by atoms with van der Waals surface area (Å²) in [5.41, 5.74) is 6.36. The first kappa shape index (κ1) is 15.3. The first-order valence-corrected chi connectivity index (χ1v) is 8.50. The molecule has 22 heavy (non-hydrogen) atoms. The quantitative estimate of drug-likeness (QED) is 0.872. The van der Waals surface area contributed by atoms with Crippen LogP contribution in [0.15, 0.2) is 18.3 Å². The minimum absolute atomic E-state index is 0.0581. The van der Waals surface area contributed by atoms with Crippen molar-refractivity contribution in [3.63, 3.8) is 0 Å². The Morgan fingerprint density at radius 2 is 2.00 bits per heavy atom. The Kier molecular flexibility index (Phi) is 4.93. The van der Waals surface area contributed by atoms with Crippen molar-refractivity contribution in [1.82, 2.24) is 10.3 Å². The largest absolute Gasteiger partial charge is 0.357 e. The molecule has 120 valence electrons. The first-order chi connectivity index (χ1) is 10.8. The SMILES string of the molecule is NCC(NC(=O)c1ccc(N2CCCCCC2)nc1)C1CC1. The standard InChI is InChI=1S/C17H26N4O/c18-11-15(13-5-6-13)20-17(22)14-7-8-16(19-12-14)21-9-3-1-2-4-10-21/h7-8,12-13,15H,1-6,9-11,18H2,(H,20,22). The van der Waals surface area contributed by atoms with E-state index in [0.717, 1.165) is 18.9 Å². The molecule has 5 heteroatoms. The van der Waals surface area contributed by atoms with Crippen LogP contribution >= 0.6 is 0 Å². The van der Waals surface area contributed by atoms with E-state index >= 15 is 0 Å². The monoisotopic (exact) mass is 302 g/mol. The molecule has 2 fully saturated rings. The molecule has 2 aliphatic rings. The molecule has 1 amide bonds. The van der Waals surface area contributed by atoms with Crippen LogP contribution < -0.4 is 16.0 Å². The van der Waals surface area contributed by atoms with E-state index in [4.69, 9.17) is 5.73 Å². The Labute approximate surface area is 132 Å². The smallest absolute Gasteiger partial charge is 0.253 e. The molecule has 1 saturated carbocycles. The van der Waals surface area contributed by atoms with E-state index in [1.165, 1.54) is 38.5 Å². The number of nitrogens with zero attached hydrogens (tertiary/aromatic N) is 2. The van der Waals surface area contributed by atoms with Gasteiger partial charge in [-0.1, -0.05) is 12.8 Å². The van der Waals surface area contributed by atoms with Crippen LogP contribution in [0.3, 0.4) is 0 Å². The minimum Gasteiger partial charge on any atom is -0.357 e. The van der Waals surface area contributed by atoms with Gasteiger partial charge in [0.1, 0.15) is 5.82 Å². The lowest BCUT2D eigenvalue weighted by atomic mass is 10.1. The van der Waals surface area contributed by atoms with Crippen molar-refractivity contribution in [3.05, 3.63) is 23.9 Å². The van der Waals surface area contributed by atoms with Gasteiger partial charge in [-0.3, -0.25) is 4.79 Å². The van der Waals surface area contributed by atoms with Gasteiger partial charge in [-0.15, -0.1) is 0 Å². The lowest BCUT2D eigenvalue weighted by Gasteiger charge is -2.21. The number of rotatable bonds is 5. The molecule has 3 N–H and O–H groups in total. The molecule has 2 heterocycles. The molecule has 0 spiro atoms. The van der Waals surface area contributed by atoms with Crippen LogP contribution in [0, 0.1) is 5.92 Å². The number of hydrogen-bond acceptors (Lipinski definition) is 4. The summed E-state index contributed by atoms with van der Waals surface area (Å²) in [6.45, 7) is 2.64. The number of pyridine rings is 1. The van der Waals surface area contributed by atoms with E-state index in [9.17, 15) is 4.79 Å². The third-order valence-electron chi connectivity index (χ3n) is 4.70. The number of carbonyl (C=O) groups is 1. The highest BCUT2D eigenvalue weighted by Crippen LogP contribution is 2.32. The van der Waals surface area contributed by atoms with Crippen LogP contribution in [-0.2, 0) is 0 Å². The van der Waals surface area contributed by atoms with Gasteiger partial charge in [0, 0.05) is 31.9 Å². The Hall–Kier alpha value is -1.62. The molecule has 0 aromatic carbocycles. The number of nitrogens with two attached hydrogens (primary N) is 1. The average Bonchev–Trinajstić information content (AvgIpc) is 3.39. The molecule has 3 rings (SSSR count). The van der Waals surface area contributed by atoms with Crippen molar-refractivity contribution in [2.45, 2.75) is 44.6 Å². The third-order valence-corrected chi connectivity index (χ3v) is 4.70. The number of aromatic nitrogens is 1. The van der Waals surface area contributed by atoms with Gasteiger partial charge in [-0.05, 0) is 43.7 Å². The summed E-state index contributed by atoms with van der Waals surface area (Å²) in [7, 11) is 0. The van der Waals surface area contributed by atoms with Crippen LogP contribution in [-0.4, -0.2) is 36.6 Å². The van der Waals surface area contributed by atoms with E-state index in [1.54, 1.807) is 6.20 Å². The van der Waals surface area contributed by atoms with Crippen LogP contribution in [0.2, 0.25) is 0 Å². The first-order valence-electron chi connectivity index (χ1n) is 8.50. The van der Waals surface area contributed by atoms with Gasteiger partial charge in [-0.25, -0.2) is 4.98 Å². The molecule has 1 atom stereocenters. The van der Waals surface area contributed by atoms with E-state index in [0.29, 0.717) is 18.0 Å². The van der Waals surface area contributed by atoms with Crippen molar-refractivity contribution in [3.8, 4) is 0 Å². The van der Waals surface area contributed by atoms with E-state index < -0.39 is 0 Å². The van der Waals surface area contributed by atoms with Gasteiger partial charge in [-0.2, -0.15) is 0 Å². The Bertz CT molecular complexity index is 490. The summed E-state index contributed by atoms with van der Waals surface area (Å²) in [6, 6.07) is 3.95. The second-order valence-electron chi connectivity index (χ2n) is 6.46. The van der Waals surface area contributed by atoms with E-state index in [-0.39, 0.29) is 11.9 Å². The second-order valence-corrected chi connectivity index (χ2v) is 6.46. The zero-order chi connectivity index (χ0) is 15.4. The molecule has 1 unspecified atom stereocenters. The molecule has 5 nitrogen and oxygen atoms in total.